The van der Waals surface area contributed by atoms with Crippen LogP contribution >= 0.6 is 0 Å². The summed E-state index contributed by atoms with van der Waals surface area (Å²) < 4.78 is 5.76. The number of aliphatic hydroxyl groups is 1. The Morgan fingerprint density at radius 1 is 1.11 bits per heavy atom. The highest BCUT2D eigenvalue weighted by molar-refractivity contribution is 6.46. The standard InChI is InChI=1S/C29H27N3O4/c1-3-14-36-24-9-8-20(15-18(24)2)27(33)25-26(22-16-31-23-7-5-4-6-21(22)23)32(29(35)28(25)34)17-19-10-12-30-13-11-19/h4-13,15-16,26,31,33H,3,14,17H2,1-2H3/b27-25+. The molecule has 4 aromatic rings. The molecule has 0 saturated carbocycles. The molecule has 1 atom stereocenters. The molecule has 1 aliphatic heterocycles. The van der Waals surface area contributed by atoms with Crippen LogP contribution in [0.15, 0.2) is 78.8 Å². The van der Waals surface area contributed by atoms with Gasteiger partial charge in [0.05, 0.1) is 18.2 Å². The van der Waals surface area contributed by atoms with Crippen molar-refractivity contribution in [2.24, 2.45) is 0 Å². The third-order valence-corrected chi connectivity index (χ3v) is 6.47. The predicted molar refractivity (Wildman–Crippen MR) is 137 cm³/mol. The van der Waals surface area contributed by atoms with Crippen LogP contribution in [0.4, 0.5) is 0 Å². The number of aromatic nitrogens is 2. The Morgan fingerprint density at radius 3 is 2.64 bits per heavy atom. The van der Waals surface area contributed by atoms with E-state index in [9.17, 15) is 14.7 Å². The van der Waals surface area contributed by atoms with Crippen LogP contribution < -0.4 is 4.74 Å². The summed E-state index contributed by atoms with van der Waals surface area (Å²) in [6.45, 7) is 4.72. The van der Waals surface area contributed by atoms with Crippen molar-refractivity contribution in [1.82, 2.24) is 14.9 Å². The van der Waals surface area contributed by atoms with Crippen LogP contribution in [-0.4, -0.2) is 38.3 Å². The number of Topliss-reactive ketones (excluding diaryl/α,β-unsaturated/α-hetero) is 1. The van der Waals surface area contributed by atoms with E-state index in [4.69, 9.17) is 4.74 Å². The molecule has 1 aliphatic rings. The van der Waals surface area contributed by atoms with Crippen molar-refractivity contribution in [2.45, 2.75) is 32.9 Å². The SMILES string of the molecule is CCCOc1ccc(/C(O)=C2\C(=O)C(=O)N(Cc3ccncc3)C2c2c[nH]c3ccccc23)cc1C. The van der Waals surface area contributed by atoms with Gasteiger partial charge in [-0.05, 0) is 60.9 Å². The minimum absolute atomic E-state index is 0.0698. The first-order chi connectivity index (χ1) is 17.5. The monoisotopic (exact) mass is 481 g/mol. The first kappa shape index (κ1) is 23.4. The van der Waals surface area contributed by atoms with Gasteiger partial charge in [-0.25, -0.2) is 0 Å². The van der Waals surface area contributed by atoms with Crippen LogP contribution in [0, 0.1) is 6.92 Å². The summed E-state index contributed by atoms with van der Waals surface area (Å²) in [7, 11) is 0. The van der Waals surface area contributed by atoms with Crippen molar-refractivity contribution in [3.05, 3.63) is 101 Å². The topological polar surface area (TPSA) is 95.5 Å². The number of hydrogen-bond acceptors (Lipinski definition) is 5. The van der Waals surface area contributed by atoms with Crippen LogP contribution in [0.3, 0.4) is 0 Å². The molecule has 5 rings (SSSR count). The summed E-state index contributed by atoms with van der Waals surface area (Å²) in [4.78, 5) is 35.5. The van der Waals surface area contributed by atoms with Crippen LogP contribution in [0.5, 0.6) is 5.75 Å². The summed E-state index contributed by atoms with van der Waals surface area (Å²) in [6, 6.07) is 15.9. The van der Waals surface area contributed by atoms with E-state index in [1.54, 1.807) is 36.8 Å². The zero-order chi connectivity index (χ0) is 25.2. The number of aliphatic hydroxyl groups excluding tert-OH is 1. The van der Waals surface area contributed by atoms with Gasteiger partial charge in [-0.15, -0.1) is 0 Å². The number of ether oxygens (including phenoxy) is 1. The maximum absolute atomic E-state index is 13.4. The number of pyridine rings is 1. The molecule has 0 spiro atoms. The number of ketones is 1. The highest BCUT2D eigenvalue weighted by Gasteiger charge is 2.46. The van der Waals surface area contributed by atoms with E-state index < -0.39 is 17.7 Å². The molecule has 7 heteroatoms. The van der Waals surface area contributed by atoms with Gasteiger partial charge in [0.1, 0.15) is 11.5 Å². The van der Waals surface area contributed by atoms with Gasteiger partial charge >= 0.3 is 0 Å². The molecule has 0 radical (unpaired) electrons. The lowest BCUT2D eigenvalue weighted by Gasteiger charge is -2.25. The number of amides is 1. The van der Waals surface area contributed by atoms with Gasteiger partial charge in [-0.3, -0.25) is 14.6 Å². The molecule has 3 heterocycles. The number of aryl methyl sites for hydroxylation is 1. The fourth-order valence-corrected chi connectivity index (χ4v) is 4.70. The van der Waals surface area contributed by atoms with Crippen molar-refractivity contribution in [3.8, 4) is 5.75 Å². The maximum Gasteiger partial charge on any atom is 0.295 e. The number of hydrogen-bond donors (Lipinski definition) is 2. The first-order valence-electron chi connectivity index (χ1n) is 12.0. The highest BCUT2D eigenvalue weighted by Crippen LogP contribution is 2.43. The summed E-state index contributed by atoms with van der Waals surface area (Å²) in [5.41, 5.74) is 3.84. The van der Waals surface area contributed by atoms with Gasteiger partial charge < -0.3 is 19.7 Å². The fourth-order valence-electron chi connectivity index (χ4n) is 4.70. The van der Waals surface area contributed by atoms with Gasteiger partial charge in [-0.1, -0.05) is 25.1 Å². The van der Waals surface area contributed by atoms with Crippen molar-refractivity contribution >= 4 is 28.4 Å². The van der Waals surface area contributed by atoms with Gasteiger partial charge in [0.15, 0.2) is 0 Å². The molecule has 1 fully saturated rings. The summed E-state index contributed by atoms with van der Waals surface area (Å²) in [6.07, 6.45) is 5.99. The average molecular weight is 482 g/mol. The van der Waals surface area contributed by atoms with Gasteiger partial charge in [0.25, 0.3) is 11.7 Å². The van der Waals surface area contributed by atoms with E-state index in [0.29, 0.717) is 12.2 Å². The number of nitrogens with zero attached hydrogens (tertiary/aromatic N) is 2. The predicted octanol–water partition coefficient (Wildman–Crippen LogP) is 5.28. The Morgan fingerprint density at radius 2 is 1.89 bits per heavy atom. The molecule has 182 valence electrons. The number of fused-ring (bicyclic) bond motifs is 1. The molecule has 0 aliphatic carbocycles. The largest absolute Gasteiger partial charge is 0.507 e. The van der Waals surface area contributed by atoms with E-state index in [2.05, 4.69) is 9.97 Å². The van der Waals surface area contributed by atoms with E-state index in [0.717, 1.165) is 39.8 Å². The second-order valence-corrected chi connectivity index (χ2v) is 8.90. The Hall–Kier alpha value is -4.39. The number of nitrogens with one attached hydrogen (secondary N) is 1. The second kappa shape index (κ2) is 9.70. The fraction of sp³-hybridized carbons (Fsp3) is 0.207. The third kappa shape index (κ3) is 4.13. The van der Waals surface area contributed by atoms with E-state index in [1.807, 2.05) is 50.2 Å². The Kier molecular flexibility index (Phi) is 6.29. The molecule has 2 aromatic carbocycles. The number of rotatable bonds is 7. The molecule has 1 unspecified atom stereocenters. The van der Waals surface area contributed by atoms with E-state index in [1.165, 1.54) is 4.90 Å². The number of aromatic amines is 1. The molecule has 2 N–H and O–H groups in total. The second-order valence-electron chi connectivity index (χ2n) is 8.90. The third-order valence-electron chi connectivity index (χ3n) is 6.47. The van der Waals surface area contributed by atoms with E-state index >= 15 is 0 Å². The van der Waals surface area contributed by atoms with E-state index in [-0.39, 0.29) is 17.9 Å². The van der Waals surface area contributed by atoms with Crippen LogP contribution in [0.2, 0.25) is 0 Å². The lowest BCUT2D eigenvalue weighted by atomic mass is 9.94. The Balaban J connectivity index is 1.65. The quantitative estimate of drug-likeness (QED) is 0.213. The summed E-state index contributed by atoms with van der Waals surface area (Å²) in [5.74, 6) is -0.838. The number of benzene rings is 2. The van der Waals surface area contributed by atoms with Crippen LogP contribution in [0.1, 0.15) is 41.6 Å². The van der Waals surface area contributed by atoms with Crippen molar-refractivity contribution in [3.63, 3.8) is 0 Å². The minimum atomic E-state index is -0.759. The molecule has 0 bridgehead atoms. The normalized spacial score (nSPS) is 17.2. The number of carbonyl (C=O) groups is 2. The summed E-state index contributed by atoms with van der Waals surface area (Å²) in [5, 5.41) is 12.3. The van der Waals surface area contributed by atoms with Gasteiger partial charge in [0.2, 0.25) is 0 Å². The van der Waals surface area contributed by atoms with Crippen molar-refractivity contribution < 1.29 is 19.4 Å². The molecular weight excluding hydrogens is 454 g/mol. The lowest BCUT2D eigenvalue weighted by Crippen LogP contribution is -2.29. The lowest BCUT2D eigenvalue weighted by molar-refractivity contribution is -0.140. The number of carbonyl (C=O) groups excluding carboxylic acids is 2. The Bertz CT molecular complexity index is 1470. The molecule has 1 amide bonds. The molecule has 7 nitrogen and oxygen atoms in total. The molecule has 1 saturated heterocycles. The number of H-pyrrole nitrogens is 1. The summed E-state index contributed by atoms with van der Waals surface area (Å²) >= 11 is 0. The van der Waals surface area contributed by atoms with Gasteiger partial charge in [-0.2, -0.15) is 0 Å². The molecular formula is C29H27N3O4. The zero-order valence-electron chi connectivity index (χ0n) is 20.2. The number of likely N-dealkylation sites (tertiary alicyclic amines) is 1. The smallest absolute Gasteiger partial charge is 0.295 e. The molecule has 36 heavy (non-hydrogen) atoms. The van der Waals surface area contributed by atoms with Crippen LogP contribution in [0.25, 0.3) is 16.7 Å². The van der Waals surface area contributed by atoms with Gasteiger partial charge in [0, 0.05) is 47.2 Å². The zero-order valence-corrected chi connectivity index (χ0v) is 20.2. The van der Waals surface area contributed by atoms with Crippen molar-refractivity contribution in [1.29, 1.82) is 0 Å². The Labute approximate surface area is 209 Å². The first-order valence-corrected chi connectivity index (χ1v) is 12.0. The number of para-hydroxylation sites is 1. The maximum atomic E-state index is 13.4. The molecule has 2 aromatic heterocycles. The highest BCUT2D eigenvalue weighted by atomic mass is 16.5. The minimum Gasteiger partial charge on any atom is -0.507 e. The average Bonchev–Trinajstić information content (AvgIpc) is 3.42. The van der Waals surface area contributed by atoms with Crippen molar-refractivity contribution in [2.75, 3.05) is 6.61 Å². The van der Waals surface area contributed by atoms with Crippen LogP contribution in [-0.2, 0) is 16.1 Å².